The van der Waals surface area contributed by atoms with Gasteiger partial charge in [0, 0.05) is 5.56 Å². The first-order chi connectivity index (χ1) is 9.95. The number of ether oxygens (including phenoxy) is 3. The quantitative estimate of drug-likeness (QED) is 0.722. The molecule has 1 atom stereocenters. The number of carbonyl (C=O) groups excluding carboxylic acids is 1. The molecule has 0 N–H and O–H groups in total. The normalized spacial score (nSPS) is 20.3. The van der Waals surface area contributed by atoms with Gasteiger partial charge in [-0.25, -0.2) is 0 Å². The van der Waals surface area contributed by atoms with Crippen LogP contribution in [0, 0.1) is 0 Å². The van der Waals surface area contributed by atoms with Crippen molar-refractivity contribution in [2.24, 2.45) is 0 Å². The van der Waals surface area contributed by atoms with Gasteiger partial charge in [0.2, 0.25) is 0 Å². The molecule has 1 aromatic carbocycles. The maximum Gasteiger partial charge on any atom is 0.175 e. The van der Waals surface area contributed by atoms with Crippen LogP contribution in [-0.4, -0.2) is 31.2 Å². The molecule has 21 heavy (non-hydrogen) atoms. The van der Waals surface area contributed by atoms with E-state index < -0.39 is 0 Å². The summed E-state index contributed by atoms with van der Waals surface area (Å²) in [5.74, 6) is 1.20. The van der Waals surface area contributed by atoms with Crippen LogP contribution in [0.2, 0.25) is 0 Å². The van der Waals surface area contributed by atoms with E-state index in [1.807, 2.05) is 6.92 Å². The molecule has 1 heterocycles. The second-order valence-corrected chi connectivity index (χ2v) is 6.58. The van der Waals surface area contributed by atoms with Crippen LogP contribution in [0.15, 0.2) is 16.6 Å². The van der Waals surface area contributed by atoms with Gasteiger partial charge in [-0.15, -0.1) is 0 Å². The van der Waals surface area contributed by atoms with Crippen LogP contribution in [0.1, 0.15) is 44.0 Å². The maximum atomic E-state index is 10.9. The number of benzene rings is 1. The molecule has 116 valence electrons. The topological polar surface area (TPSA) is 44.8 Å². The highest BCUT2D eigenvalue weighted by Crippen LogP contribution is 2.37. The Morgan fingerprint density at radius 3 is 2.76 bits per heavy atom. The predicted molar refractivity (Wildman–Crippen MR) is 84.4 cm³/mol. The van der Waals surface area contributed by atoms with Crippen molar-refractivity contribution < 1.29 is 19.0 Å². The molecule has 0 aliphatic carbocycles. The fourth-order valence-electron chi connectivity index (χ4n) is 2.43. The second-order valence-electron chi connectivity index (χ2n) is 5.73. The fourth-order valence-corrected chi connectivity index (χ4v) is 3.00. The minimum absolute atomic E-state index is 0.0740. The molecule has 4 nitrogen and oxygen atoms in total. The number of hydrogen-bond acceptors (Lipinski definition) is 4. The molecular formula is C16H21BrO4. The summed E-state index contributed by atoms with van der Waals surface area (Å²) in [7, 11) is 0. The van der Waals surface area contributed by atoms with Crippen LogP contribution in [0.4, 0.5) is 0 Å². The Kier molecular flexibility index (Phi) is 5.27. The lowest BCUT2D eigenvalue weighted by molar-refractivity contribution is -0.0330. The zero-order chi connectivity index (χ0) is 15.5. The van der Waals surface area contributed by atoms with Crippen LogP contribution in [0.5, 0.6) is 11.5 Å². The monoisotopic (exact) mass is 356 g/mol. The molecule has 1 saturated heterocycles. The Balaban J connectivity index is 2.10. The van der Waals surface area contributed by atoms with Gasteiger partial charge in [-0.1, -0.05) is 0 Å². The first kappa shape index (κ1) is 16.3. The van der Waals surface area contributed by atoms with E-state index in [0.29, 0.717) is 34.7 Å². The minimum Gasteiger partial charge on any atom is -0.490 e. The molecule has 0 bridgehead atoms. The van der Waals surface area contributed by atoms with Gasteiger partial charge in [0.25, 0.3) is 0 Å². The molecule has 1 aliphatic heterocycles. The van der Waals surface area contributed by atoms with Crippen LogP contribution in [-0.2, 0) is 4.74 Å². The van der Waals surface area contributed by atoms with Crippen molar-refractivity contribution in [1.82, 2.24) is 0 Å². The summed E-state index contributed by atoms with van der Waals surface area (Å²) >= 11 is 3.44. The molecule has 1 aromatic rings. The van der Waals surface area contributed by atoms with Gasteiger partial charge in [0.05, 0.1) is 22.8 Å². The Morgan fingerprint density at radius 2 is 2.19 bits per heavy atom. The van der Waals surface area contributed by atoms with Crippen LogP contribution >= 0.6 is 15.9 Å². The van der Waals surface area contributed by atoms with Crippen LogP contribution in [0.25, 0.3) is 0 Å². The third kappa shape index (κ3) is 4.20. The molecule has 2 rings (SSSR count). The predicted octanol–water partition coefficient (Wildman–Crippen LogP) is 4.00. The van der Waals surface area contributed by atoms with Crippen molar-refractivity contribution in [2.75, 3.05) is 13.2 Å². The third-order valence-electron chi connectivity index (χ3n) is 3.44. The number of aldehydes is 1. The van der Waals surface area contributed by atoms with Gasteiger partial charge in [-0.05, 0) is 61.7 Å². The lowest BCUT2D eigenvalue weighted by Crippen LogP contribution is -2.24. The summed E-state index contributed by atoms with van der Waals surface area (Å²) in [6, 6.07) is 3.42. The van der Waals surface area contributed by atoms with Crippen LogP contribution in [0.3, 0.4) is 0 Å². The summed E-state index contributed by atoms with van der Waals surface area (Å²) in [4.78, 5) is 10.9. The van der Waals surface area contributed by atoms with E-state index >= 15 is 0 Å². The highest BCUT2D eigenvalue weighted by Gasteiger charge is 2.32. The van der Waals surface area contributed by atoms with E-state index in [9.17, 15) is 4.79 Å². The molecule has 0 spiro atoms. The third-order valence-corrected chi connectivity index (χ3v) is 4.02. The molecule has 1 aliphatic rings. The molecule has 0 saturated carbocycles. The number of rotatable bonds is 6. The van der Waals surface area contributed by atoms with E-state index in [-0.39, 0.29) is 11.7 Å². The lowest BCUT2D eigenvalue weighted by atomic mass is 10.1. The average molecular weight is 357 g/mol. The molecule has 1 fully saturated rings. The second kappa shape index (κ2) is 6.79. The standard InChI is InChI=1S/C16H21BrO4/c1-4-19-14-8-11(9-18)7-13(17)15(14)20-10-12-5-6-16(2,3)21-12/h7-9,12H,4-6,10H2,1-3H3. The zero-order valence-electron chi connectivity index (χ0n) is 12.6. The van der Waals surface area contributed by atoms with E-state index in [1.54, 1.807) is 12.1 Å². The molecule has 0 radical (unpaired) electrons. The highest BCUT2D eigenvalue weighted by molar-refractivity contribution is 9.10. The zero-order valence-corrected chi connectivity index (χ0v) is 14.2. The lowest BCUT2D eigenvalue weighted by Gasteiger charge is -2.20. The summed E-state index contributed by atoms with van der Waals surface area (Å²) in [5.41, 5.74) is 0.478. The molecular weight excluding hydrogens is 336 g/mol. The van der Waals surface area contributed by atoms with Crippen molar-refractivity contribution in [3.8, 4) is 11.5 Å². The first-order valence-electron chi connectivity index (χ1n) is 7.17. The summed E-state index contributed by atoms with van der Waals surface area (Å²) in [6.45, 7) is 7.06. The van der Waals surface area contributed by atoms with E-state index in [1.165, 1.54) is 0 Å². The van der Waals surface area contributed by atoms with Gasteiger partial charge >= 0.3 is 0 Å². The summed E-state index contributed by atoms with van der Waals surface area (Å²) < 4.78 is 18.1. The Morgan fingerprint density at radius 1 is 1.43 bits per heavy atom. The SMILES string of the molecule is CCOc1cc(C=O)cc(Br)c1OCC1CCC(C)(C)O1. The Bertz CT molecular complexity index is 513. The smallest absolute Gasteiger partial charge is 0.175 e. The molecule has 0 aromatic heterocycles. The van der Waals surface area contributed by atoms with Gasteiger partial charge in [-0.3, -0.25) is 4.79 Å². The maximum absolute atomic E-state index is 10.9. The van der Waals surface area contributed by atoms with Crippen LogP contribution < -0.4 is 9.47 Å². The largest absolute Gasteiger partial charge is 0.490 e. The minimum atomic E-state index is -0.0740. The number of carbonyl (C=O) groups is 1. The average Bonchev–Trinajstić information content (AvgIpc) is 2.77. The van der Waals surface area contributed by atoms with Crippen molar-refractivity contribution in [2.45, 2.75) is 45.3 Å². The molecule has 0 amide bonds. The Labute approximate surface area is 133 Å². The van der Waals surface area contributed by atoms with Crippen molar-refractivity contribution in [3.05, 3.63) is 22.2 Å². The van der Waals surface area contributed by atoms with Gasteiger partial charge in [0.1, 0.15) is 12.9 Å². The van der Waals surface area contributed by atoms with E-state index in [4.69, 9.17) is 14.2 Å². The molecule has 5 heteroatoms. The first-order valence-corrected chi connectivity index (χ1v) is 7.96. The highest BCUT2D eigenvalue weighted by atomic mass is 79.9. The van der Waals surface area contributed by atoms with Crippen molar-refractivity contribution in [3.63, 3.8) is 0 Å². The Hall–Kier alpha value is -1.07. The summed E-state index contributed by atoms with van der Waals surface area (Å²) in [6.07, 6.45) is 2.90. The summed E-state index contributed by atoms with van der Waals surface area (Å²) in [5, 5.41) is 0. The van der Waals surface area contributed by atoms with Gasteiger partial charge in [0.15, 0.2) is 11.5 Å². The van der Waals surface area contributed by atoms with Crippen molar-refractivity contribution >= 4 is 22.2 Å². The number of hydrogen-bond donors (Lipinski definition) is 0. The van der Waals surface area contributed by atoms with E-state index in [0.717, 1.165) is 19.1 Å². The van der Waals surface area contributed by atoms with Crippen molar-refractivity contribution in [1.29, 1.82) is 0 Å². The molecule has 1 unspecified atom stereocenters. The van der Waals surface area contributed by atoms with Gasteiger partial charge < -0.3 is 14.2 Å². The van der Waals surface area contributed by atoms with Gasteiger partial charge in [-0.2, -0.15) is 0 Å². The van der Waals surface area contributed by atoms with E-state index in [2.05, 4.69) is 29.8 Å². The fraction of sp³-hybridized carbons (Fsp3) is 0.562. The number of halogens is 1.